The molecule has 1 aromatic carbocycles. The van der Waals surface area contributed by atoms with E-state index in [-0.39, 0.29) is 11.6 Å². The average Bonchev–Trinajstić information content (AvgIpc) is 2.41. The van der Waals surface area contributed by atoms with Gasteiger partial charge in [-0.05, 0) is 50.9 Å². The molecule has 4 heteroatoms. The molecule has 1 aliphatic rings. The molecule has 1 aliphatic carbocycles. The Morgan fingerprint density at radius 1 is 1.38 bits per heavy atom. The highest BCUT2D eigenvalue weighted by atomic mass is 19.1. The van der Waals surface area contributed by atoms with Crippen LogP contribution in [0.4, 0.5) is 8.78 Å². The first-order valence-corrected chi connectivity index (χ1v) is 7.72. The van der Waals surface area contributed by atoms with Gasteiger partial charge < -0.3 is 10.6 Å². The van der Waals surface area contributed by atoms with E-state index < -0.39 is 11.6 Å². The van der Waals surface area contributed by atoms with Crippen molar-refractivity contribution in [2.45, 2.75) is 50.6 Å². The summed E-state index contributed by atoms with van der Waals surface area (Å²) in [5.41, 5.74) is 6.89. The Balaban J connectivity index is 2.21. The summed E-state index contributed by atoms with van der Waals surface area (Å²) in [7, 11) is 4.11. The third kappa shape index (κ3) is 3.43. The average molecular weight is 296 g/mol. The van der Waals surface area contributed by atoms with Crippen LogP contribution >= 0.6 is 0 Å². The van der Waals surface area contributed by atoms with Crippen LogP contribution in [0.1, 0.15) is 38.2 Å². The van der Waals surface area contributed by atoms with Crippen LogP contribution in [-0.4, -0.2) is 30.6 Å². The molecule has 0 radical (unpaired) electrons. The van der Waals surface area contributed by atoms with Crippen LogP contribution < -0.4 is 5.73 Å². The number of nitrogens with two attached hydrogens (primary N) is 1. The number of benzene rings is 1. The van der Waals surface area contributed by atoms with Gasteiger partial charge in [-0.15, -0.1) is 0 Å². The molecule has 0 spiro atoms. The Kier molecular flexibility index (Phi) is 4.99. The Hall–Kier alpha value is -1.00. The molecule has 2 rings (SSSR count). The second-order valence-corrected chi connectivity index (χ2v) is 6.75. The largest absolute Gasteiger partial charge is 0.326 e. The number of rotatable bonds is 4. The molecule has 2 nitrogen and oxygen atoms in total. The van der Waals surface area contributed by atoms with Gasteiger partial charge in [0.25, 0.3) is 0 Å². The highest BCUT2D eigenvalue weighted by molar-refractivity contribution is 5.21. The lowest BCUT2D eigenvalue weighted by atomic mass is 9.70. The third-order valence-corrected chi connectivity index (χ3v) is 5.04. The summed E-state index contributed by atoms with van der Waals surface area (Å²) in [6, 6.07) is 3.60. The summed E-state index contributed by atoms with van der Waals surface area (Å²) in [6.07, 6.45) is 4.89. The van der Waals surface area contributed by atoms with E-state index in [0.29, 0.717) is 17.9 Å². The monoisotopic (exact) mass is 296 g/mol. The van der Waals surface area contributed by atoms with Crippen molar-refractivity contribution in [3.8, 4) is 0 Å². The van der Waals surface area contributed by atoms with Gasteiger partial charge in [-0.2, -0.15) is 0 Å². The van der Waals surface area contributed by atoms with Crippen LogP contribution in [0.15, 0.2) is 18.2 Å². The Bertz CT molecular complexity index is 490. The number of halogens is 2. The second-order valence-electron chi connectivity index (χ2n) is 6.75. The maximum absolute atomic E-state index is 13.9. The number of nitrogens with zero attached hydrogens (tertiary/aromatic N) is 1. The van der Waals surface area contributed by atoms with E-state index in [0.717, 1.165) is 25.3 Å². The molecule has 3 atom stereocenters. The molecule has 21 heavy (non-hydrogen) atoms. The predicted molar refractivity (Wildman–Crippen MR) is 82.1 cm³/mol. The first-order valence-electron chi connectivity index (χ1n) is 7.72. The van der Waals surface area contributed by atoms with Gasteiger partial charge in [-0.25, -0.2) is 8.78 Å². The van der Waals surface area contributed by atoms with E-state index in [1.807, 2.05) is 0 Å². The lowest BCUT2D eigenvalue weighted by Crippen LogP contribution is -2.60. The number of hydrogen-bond donors (Lipinski definition) is 1. The van der Waals surface area contributed by atoms with Gasteiger partial charge in [0.2, 0.25) is 0 Å². The highest BCUT2D eigenvalue weighted by Gasteiger charge is 2.42. The summed E-state index contributed by atoms with van der Waals surface area (Å²) in [4.78, 5) is 2.20. The Labute approximate surface area is 126 Å². The van der Waals surface area contributed by atoms with Crippen molar-refractivity contribution in [1.82, 2.24) is 4.90 Å². The fourth-order valence-electron chi connectivity index (χ4n) is 3.75. The summed E-state index contributed by atoms with van der Waals surface area (Å²) in [5.74, 6) is -0.410. The van der Waals surface area contributed by atoms with Crippen LogP contribution in [0.5, 0.6) is 0 Å². The molecule has 118 valence electrons. The van der Waals surface area contributed by atoms with Crippen molar-refractivity contribution >= 4 is 0 Å². The zero-order valence-corrected chi connectivity index (χ0v) is 13.2. The summed E-state index contributed by atoms with van der Waals surface area (Å²) < 4.78 is 26.9. The van der Waals surface area contributed by atoms with Crippen molar-refractivity contribution in [2.24, 2.45) is 11.7 Å². The van der Waals surface area contributed by atoms with Crippen molar-refractivity contribution in [3.63, 3.8) is 0 Å². The standard InChI is InChI=1S/C17H26F2N2/c1-12-5-4-8-17(11-12,21(2)3)16(20)9-13-6-7-14(18)10-15(13)19/h6-7,10,12,16H,4-5,8-9,11,20H2,1-3H3. The minimum atomic E-state index is -0.543. The highest BCUT2D eigenvalue weighted by Crippen LogP contribution is 2.38. The van der Waals surface area contributed by atoms with Crippen molar-refractivity contribution < 1.29 is 8.78 Å². The number of likely N-dealkylation sites (N-methyl/N-ethyl adjacent to an activating group) is 1. The molecule has 0 saturated heterocycles. The second kappa shape index (κ2) is 6.41. The first-order chi connectivity index (χ1) is 9.85. The summed E-state index contributed by atoms with van der Waals surface area (Å²) in [6.45, 7) is 2.25. The summed E-state index contributed by atoms with van der Waals surface area (Å²) in [5, 5.41) is 0. The minimum absolute atomic E-state index is 0.0987. The number of hydrogen-bond acceptors (Lipinski definition) is 2. The molecule has 2 N–H and O–H groups in total. The molecular formula is C17H26F2N2. The topological polar surface area (TPSA) is 29.3 Å². The van der Waals surface area contributed by atoms with Gasteiger partial charge in [-0.3, -0.25) is 0 Å². The zero-order chi connectivity index (χ0) is 15.6. The van der Waals surface area contributed by atoms with Gasteiger partial charge >= 0.3 is 0 Å². The van der Waals surface area contributed by atoms with Crippen LogP contribution in [0, 0.1) is 17.6 Å². The van der Waals surface area contributed by atoms with Gasteiger partial charge in [0, 0.05) is 17.6 Å². The normalized spacial score (nSPS) is 27.9. The smallest absolute Gasteiger partial charge is 0.129 e. The Morgan fingerprint density at radius 3 is 2.67 bits per heavy atom. The van der Waals surface area contributed by atoms with Crippen LogP contribution in [0.2, 0.25) is 0 Å². The first kappa shape index (κ1) is 16.4. The van der Waals surface area contributed by atoms with Gasteiger partial charge in [-0.1, -0.05) is 25.8 Å². The fourth-order valence-corrected chi connectivity index (χ4v) is 3.75. The van der Waals surface area contributed by atoms with E-state index in [1.165, 1.54) is 18.6 Å². The maximum atomic E-state index is 13.9. The summed E-state index contributed by atoms with van der Waals surface area (Å²) >= 11 is 0. The van der Waals surface area contributed by atoms with Crippen LogP contribution in [0.3, 0.4) is 0 Å². The zero-order valence-electron chi connectivity index (χ0n) is 13.2. The lowest BCUT2D eigenvalue weighted by molar-refractivity contribution is 0.0501. The Morgan fingerprint density at radius 2 is 2.10 bits per heavy atom. The van der Waals surface area contributed by atoms with E-state index >= 15 is 0 Å². The third-order valence-electron chi connectivity index (χ3n) is 5.04. The van der Waals surface area contributed by atoms with Gasteiger partial charge in [0.1, 0.15) is 11.6 Å². The van der Waals surface area contributed by atoms with E-state index in [1.54, 1.807) is 0 Å². The lowest BCUT2D eigenvalue weighted by Gasteiger charge is -2.49. The molecule has 3 unspecified atom stereocenters. The van der Waals surface area contributed by atoms with Crippen LogP contribution in [0.25, 0.3) is 0 Å². The predicted octanol–water partition coefficient (Wildman–Crippen LogP) is 3.35. The van der Waals surface area contributed by atoms with Crippen molar-refractivity contribution in [1.29, 1.82) is 0 Å². The van der Waals surface area contributed by atoms with Crippen molar-refractivity contribution in [3.05, 3.63) is 35.4 Å². The van der Waals surface area contributed by atoms with E-state index in [2.05, 4.69) is 25.9 Å². The minimum Gasteiger partial charge on any atom is -0.326 e. The van der Waals surface area contributed by atoms with Gasteiger partial charge in [0.15, 0.2) is 0 Å². The molecule has 1 aromatic rings. The fraction of sp³-hybridized carbons (Fsp3) is 0.647. The maximum Gasteiger partial charge on any atom is 0.129 e. The van der Waals surface area contributed by atoms with Crippen LogP contribution in [-0.2, 0) is 6.42 Å². The molecule has 1 saturated carbocycles. The van der Waals surface area contributed by atoms with E-state index in [4.69, 9.17) is 5.73 Å². The molecule has 0 aromatic heterocycles. The molecule has 0 heterocycles. The van der Waals surface area contributed by atoms with Gasteiger partial charge in [0.05, 0.1) is 0 Å². The SMILES string of the molecule is CC1CCCC(C(N)Cc2ccc(F)cc2F)(N(C)C)C1. The molecule has 0 aliphatic heterocycles. The molecule has 0 amide bonds. The van der Waals surface area contributed by atoms with Crippen molar-refractivity contribution in [2.75, 3.05) is 14.1 Å². The van der Waals surface area contributed by atoms with E-state index in [9.17, 15) is 8.78 Å². The molecule has 1 fully saturated rings. The quantitative estimate of drug-likeness (QED) is 0.923. The molecule has 0 bridgehead atoms. The molecular weight excluding hydrogens is 270 g/mol.